The zero-order valence-electron chi connectivity index (χ0n) is 13.6. The van der Waals surface area contributed by atoms with E-state index in [0.717, 1.165) is 4.47 Å². The Bertz CT molecular complexity index is 595. The average molecular weight is 388 g/mol. The molecule has 0 radical (unpaired) electrons. The van der Waals surface area contributed by atoms with Crippen molar-refractivity contribution in [2.75, 3.05) is 0 Å². The topological polar surface area (TPSA) is 95.9 Å². The number of carbonyl (C=O) groups is 2. The predicted octanol–water partition coefficient (Wildman–Crippen LogP) is 3.24. The first-order valence-corrected chi connectivity index (χ1v) is 8.05. The fraction of sp³-hybridized carbons (Fsp3) is 0.500. The Morgan fingerprint density at radius 2 is 1.87 bits per heavy atom. The zero-order valence-corrected chi connectivity index (χ0v) is 15.2. The molecule has 0 fully saturated rings. The maximum Gasteiger partial charge on any atom is 0.408 e. The standard InChI is InChI=1S/C16H22BrNO5/c1-5-9-6-11(17)7-10(13(9)19)8-12(14(20)21)18-15(22)23-16(2,3)4/h6-7,12,19H,5,8H2,1-4H3,(H,18,22)(H,20,21). The van der Waals surface area contributed by atoms with E-state index in [1.54, 1.807) is 32.9 Å². The summed E-state index contributed by atoms with van der Waals surface area (Å²) >= 11 is 3.33. The van der Waals surface area contributed by atoms with E-state index in [-0.39, 0.29) is 12.2 Å². The first-order valence-electron chi connectivity index (χ1n) is 7.26. The molecule has 1 aromatic carbocycles. The van der Waals surface area contributed by atoms with Gasteiger partial charge >= 0.3 is 12.1 Å². The molecule has 0 aliphatic heterocycles. The number of carboxylic acids is 1. The molecular formula is C16H22BrNO5. The van der Waals surface area contributed by atoms with Crippen LogP contribution in [0.1, 0.15) is 38.8 Å². The minimum Gasteiger partial charge on any atom is -0.507 e. The van der Waals surface area contributed by atoms with Crippen LogP contribution in [0.4, 0.5) is 4.79 Å². The van der Waals surface area contributed by atoms with Crippen molar-refractivity contribution in [3.8, 4) is 5.75 Å². The van der Waals surface area contributed by atoms with E-state index in [2.05, 4.69) is 21.2 Å². The number of ether oxygens (including phenoxy) is 1. The van der Waals surface area contributed by atoms with Gasteiger partial charge in [-0.1, -0.05) is 22.9 Å². The molecule has 128 valence electrons. The molecule has 0 heterocycles. The summed E-state index contributed by atoms with van der Waals surface area (Å²) in [6.07, 6.45) is -0.252. The van der Waals surface area contributed by atoms with Gasteiger partial charge in [0.25, 0.3) is 0 Å². The number of hydrogen-bond donors (Lipinski definition) is 3. The van der Waals surface area contributed by atoms with Crippen LogP contribution in [-0.2, 0) is 22.4 Å². The maximum atomic E-state index is 11.8. The molecule has 1 aromatic rings. The number of amides is 1. The molecule has 0 aromatic heterocycles. The van der Waals surface area contributed by atoms with Crippen molar-refractivity contribution in [3.05, 3.63) is 27.7 Å². The van der Waals surface area contributed by atoms with Crippen LogP contribution in [0.15, 0.2) is 16.6 Å². The van der Waals surface area contributed by atoms with Gasteiger partial charge in [0.15, 0.2) is 0 Å². The molecule has 0 bridgehead atoms. The molecule has 1 atom stereocenters. The van der Waals surface area contributed by atoms with Crippen molar-refractivity contribution in [3.63, 3.8) is 0 Å². The fourth-order valence-corrected chi connectivity index (χ4v) is 2.57. The van der Waals surface area contributed by atoms with Gasteiger partial charge in [-0.05, 0) is 50.5 Å². The average Bonchev–Trinajstić information content (AvgIpc) is 2.39. The van der Waals surface area contributed by atoms with E-state index in [4.69, 9.17) is 4.74 Å². The van der Waals surface area contributed by atoms with Crippen molar-refractivity contribution >= 4 is 28.0 Å². The lowest BCUT2D eigenvalue weighted by atomic mass is 10.0. The highest BCUT2D eigenvalue weighted by molar-refractivity contribution is 9.10. The summed E-state index contributed by atoms with van der Waals surface area (Å²) in [5, 5.41) is 21.8. The van der Waals surface area contributed by atoms with E-state index in [9.17, 15) is 19.8 Å². The molecule has 7 heteroatoms. The number of hydrogen-bond acceptors (Lipinski definition) is 4. The Kier molecular flexibility index (Phi) is 6.44. The highest BCUT2D eigenvalue weighted by atomic mass is 79.9. The van der Waals surface area contributed by atoms with Gasteiger partial charge in [-0.25, -0.2) is 9.59 Å². The number of phenolic OH excluding ortho intramolecular Hbond substituents is 1. The number of nitrogens with one attached hydrogen (secondary N) is 1. The SMILES string of the molecule is CCc1cc(Br)cc(CC(NC(=O)OC(C)(C)C)C(=O)O)c1O. The number of carbonyl (C=O) groups excluding carboxylic acids is 1. The van der Waals surface area contributed by atoms with Crippen molar-refractivity contribution in [1.29, 1.82) is 0 Å². The number of alkyl carbamates (subject to hydrolysis) is 1. The highest BCUT2D eigenvalue weighted by Gasteiger charge is 2.25. The summed E-state index contributed by atoms with van der Waals surface area (Å²) in [6, 6.07) is 2.21. The van der Waals surface area contributed by atoms with Gasteiger partial charge in [0.1, 0.15) is 17.4 Å². The molecule has 0 saturated carbocycles. The summed E-state index contributed by atoms with van der Waals surface area (Å²) in [7, 11) is 0. The lowest BCUT2D eigenvalue weighted by molar-refractivity contribution is -0.139. The summed E-state index contributed by atoms with van der Waals surface area (Å²) in [6.45, 7) is 6.96. The first kappa shape index (κ1) is 19.3. The molecular weight excluding hydrogens is 366 g/mol. The van der Waals surface area contributed by atoms with E-state index in [1.165, 1.54) is 0 Å². The van der Waals surface area contributed by atoms with Gasteiger partial charge in [-0.3, -0.25) is 0 Å². The molecule has 6 nitrogen and oxygen atoms in total. The third-order valence-electron chi connectivity index (χ3n) is 3.03. The Labute approximate surface area is 144 Å². The van der Waals surface area contributed by atoms with Gasteiger partial charge in [0.2, 0.25) is 0 Å². The van der Waals surface area contributed by atoms with Gasteiger partial charge in [0.05, 0.1) is 0 Å². The van der Waals surface area contributed by atoms with Crippen LogP contribution in [0.5, 0.6) is 5.75 Å². The third-order valence-corrected chi connectivity index (χ3v) is 3.48. The van der Waals surface area contributed by atoms with Crippen LogP contribution in [0, 0.1) is 0 Å². The lowest BCUT2D eigenvalue weighted by Crippen LogP contribution is -2.44. The summed E-state index contributed by atoms with van der Waals surface area (Å²) < 4.78 is 5.81. The number of halogens is 1. The van der Waals surface area contributed by atoms with Crippen molar-refractivity contribution in [2.45, 2.75) is 52.2 Å². The lowest BCUT2D eigenvalue weighted by Gasteiger charge is -2.22. The second-order valence-corrected chi connectivity index (χ2v) is 7.08. The summed E-state index contributed by atoms with van der Waals surface area (Å²) in [4.78, 5) is 23.2. The number of benzene rings is 1. The van der Waals surface area contributed by atoms with Gasteiger partial charge in [0, 0.05) is 10.9 Å². The largest absolute Gasteiger partial charge is 0.507 e. The van der Waals surface area contributed by atoms with E-state index in [0.29, 0.717) is 17.5 Å². The highest BCUT2D eigenvalue weighted by Crippen LogP contribution is 2.29. The molecule has 0 spiro atoms. The van der Waals surface area contributed by atoms with Crippen LogP contribution in [0.25, 0.3) is 0 Å². The quantitative estimate of drug-likeness (QED) is 0.720. The molecule has 0 aliphatic rings. The molecule has 3 N–H and O–H groups in total. The summed E-state index contributed by atoms with van der Waals surface area (Å²) in [5.74, 6) is -1.15. The monoisotopic (exact) mass is 387 g/mol. The minimum absolute atomic E-state index is 0.0488. The first-order chi connectivity index (χ1) is 10.5. The molecule has 0 saturated heterocycles. The third kappa shape index (κ3) is 6.09. The maximum absolute atomic E-state index is 11.8. The second-order valence-electron chi connectivity index (χ2n) is 6.17. The van der Waals surface area contributed by atoms with Crippen LogP contribution in [0.3, 0.4) is 0 Å². The number of carboxylic acid groups (broad SMARTS) is 1. The fourth-order valence-electron chi connectivity index (χ4n) is 2.01. The van der Waals surface area contributed by atoms with Gasteiger partial charge < -0.3 is 20.3 Å². The Hall–Kier alpha value is -1.76. The van der Waals surface area contributed by atoms with E-state index in [1.807, 2.05) is 6.92 Å². The zero-order chi connectivity index (χ0) is 17.8. The van der Waals surface area contributed by atoms with Crippen LogP contribution >= 0.6 is 15.9 Å². The number of aryl methyl sites for hydroxylation is 1. The van der Waals surface area contributed by atoms with Crippen LogP contribution < -0.4 is 5.32 Å². The van der Waals surface area contributed by atoms with E-state index >= 15 is 0 Å². The predicted molar refractivity (Wildman–Crippen MR) is 89.7 cm³/mol. The summed E-state index contributed by atoms with van der Waals surface area (Å²) in [5.41, 5.74) is 0.427. The number of aromatic hydroxyl groups is 1. The van der Waals surface area contributed by atoms with E-state index < -0.39 is 23.7 Å². The molecule has 1 rings (SSSR count). The van der Waals surface area contributed by atoms with Crippen LogP contribution in [-0.4, -0.2) is 33.9 Å². The number of rotatable bonds is 5. The van der Waals surface area contributed by atoms with Gasteiger partial charge in [-0.2, -0.15) is 0 Å². The molecule has 1 amide bonds. The smallest absolute Gasteiger partial charge is 0.408 e. The van der Waals surface area contributed by atoms with Crippen molar-refractivity contribution in [1.82, 2.24) is 5.32 Å². The molecule has 23 heavy (non-hydrogen) atoms. The van der Waals surface area contributed by atoms with Crippen molar-refractivity contribution < 1.29 is 24.5 Å². The number of aliphatic carboxylic acids is 1. The Balaban J connectivity index is 2.95. The van der Waals surface area contributed by atoms with Crippen molar-refractivity contribution in [2.24, 2.45) is 0 Å². The second kappa shape index (κ2) is 7.68. The Morgan fingerprint density at radius 1 is 1.30 bits per heavy atom. The Morgan fingerprint density at radius 3 is 2.35 bits per heavy atom. The van der Waals surface area contributed by atoms with Crippen LogP contribution in [0.2, 0.25) is 0 Å². The minimum atomic E-state index is -1.20. The normalized spacial score (nSPS) is 12.6. The van der Waals surface area contributed by atoms with Gasteiger partial charge in [-0.15, -0.1) is 0 Å². The molecule has 0 aliphatic carbocycles. The molecule has 1 unspecified atom stereocenters. The number of phenols is 1.